The molecular formula is C12H18OS. The van der Waals surface area contributed by atoms with Gasteiger partial charge in [-0.3, -0.25) is 0 Å². The van der Waals surface area contributed by atoms with E-state index in [2.05, 4.69) is 16.8 Å². The van der Waals surface area contributed by atoms with Crippen LogP contribution < -0.4 is 0 Å². The first-order chi connectivity index (χ1) is 6.86. The van der Waals surface area contributed by atoms with Gasteiger partial charge >= 0.3 is 0 Å². The summed E-state index contributed by atoms with van der Waals surface area (Å²) in [5.74, 6) is 0.507. The number of hydrogen-bond donors (Lipinski definition) is 1. The number of rotatable bonds is 2. The minimum Gasteiger partial charge on any atom is -0.393 e. The average molecular weight is 210 g/mol. The fourth-order valence-electron chi connectivity index (χ4n) is 2.31. The lowest BCUT2D eigenvalue weighted by atomic mass is 9.91. The number of hydrogen-bond acceptors (Lipinski definition) is 2. The molecule has 1 N–H and O–H groups in total. The molecule has 78 valence electrons. The van der Waals surface area contributed by atoms with Crippen molar-refractivity contribution in [1.82, 2.24) is 0 Å². The topological polar surface area (TPSA) is 20.2 Å². The largest absolute Gasteiger partial charge is 0.393 e. The third kappa shape index (κ3) is 2.58. The van der Waals surface area contributed by atoms with Crippen LogP contribution in [-0.2, 0) is 6.42 Å². The van der Waals surface area contributed by atoms with Crippen molar-refractivity contribution < 1.29 is 5.11 Å². The van der Waals surface area contributed by atoms with Gasteiger partial charge in [0, 0.05) is 0 Å². The van der Waals surface area contributed by atoms with Gasteiger partial charge in [0.2, 0.25) is 0 Å². The highest BCUT2D eigenvalue weighted by molar-refractivity contribution is 7.07. The van der Waals surface area contributed by atoms with Crippen molar-refractivity contribution in [3.8, 4) is 0 Å². The Balaban J connectivity index is 1.94. The molecule has 0 bridgehead atoms. The van der Waals surface area contributed by atoms with Crippen molar-refractivity contribution in [3.05, 3.63) is 22.4 Å². The summed E-state index contributed by atoms with van der Waals surface area (Å²) in [6, 6.07) is 2.18. The minimum absolute atomic E-state index is 0.0580. The maximum atomic E-state index is 9.95. The quantitative estimate of drug-likeness (QED) is 0.743. The van der Waals surface area contributed by atoms with Crippen LogP contribution in [-0.4, -0.2) is 11.2 Å². The summed E-state index contributed by atoms with van der Waals surface area (Å²) in [7, 11) is 0. The summed E-state index contributed by atoms with van der Waals surface area (Å²) in [5.41, 5.74) is 1.40. The molecule has 0 saturated heterocycles. The van der Waals surface area contributed by atoms with Gasteiger partial charge in [-0.2, -0.15) is 11.3 Å². The van der Waals surface area contributed by atoms with E-state index in [1.54, 1.807) is 11.3 Å². The number of thiophene rings is 1. The Hall–Kier alpha value is -0.340. The van der Waals surface area contributed by atoms with Crippen LogP contribution >= 0.6 is 11.3 Å². The molecule has 1 fully saturated rings. The molecule has 0 radical (unpaired) electrons. The lowest BCUT2D eigenvalue weighted by Crippen LogP contribution is -2.20. The van der Waals surface area contributed by atoms with E-state index in [0.29, 0.717) is 5.92 Å². The zero-order valence-electron chi connectivity index (χ0n) is 8.48. The number of aliphatic hydroxyl groups is 1. The summed E-state index contributed by atoms with van der Waals surface area (Å²) in [6.45, 7) is 0. The highest BCUT2D eigenvalue weighted by atomic mass is 32.1. The Kier molecular flexibility index (Phi) is 3.60. The summed E-state index contributed by atoms with van der Waals surface area (Å²) >= 11 is 1.75. The molecule has 0 amide bonds. The normalized spacial score (nSPS) is 28.6. The molecule has 1 saturated carbocycles. The molecule has 0 spiro atoms. The first-order valence-electron chi connectivity index (χ1n) is 5.55. The van der Waals surface area contributed by atoms with Crippen LogP contribution in [0.1, 0.15) is 37.7 Å². The zero-order chi connectivity index (χ0) is 9.80. The summed E-state index contributed by atoms with van der Waals surface area (Å²) in [4.78, 5) is 0. The molecule has 1 aliphatic carbocycles. The van der Waals surface area contributed by atoms with Gasteiger partial charge in [-0.1, -0.05) is 19.3 Å². The van der Waals surface area contributed by atoms with Crippen LogP contribution in [0, 0.1) is 5.92 Å². The second-order valence-electron chi connectivity index (χ2n) is 4.30. The molecule has 0 aromatic carbocycles. The molecule has 1 aliphatic rings. The average Bonchev–Trinajstić information content (AvgIpc) is 2.60. The smallest absolute Gasteiger partial charge is 0.0571 e. The monoisotopic (exact) mass is 210 g/mol. The van der Waals surface area contributed by atoms with Crippen molar-refractivity contribution in [2.75, 3.05) is 0 Å². The van der Waals surface area contributed by atoms with E-state index in [9.17, 15) is 5.11 Å². The molecule has 2 rings (SSSR count). The third-order valence-electron chi connectivity index (χ3n) is 3.20. The van der Waals surface area contributed by atoms with E-state index in [4.69, 9.17) is 0 Å². The maximum absolute atomic E-state index is 9.95. The van der Waals surface area contributed by atoms with Crippen LogP contribution in [0.3, 0.4) is 0 Å². The molecule has 1 aromatic rings. The highest BCUT2D eigenvalue weighted by Gasteiger charge is 2.21. The minimum atomic E-state index is -0.0580. The SMILES string of the molecule is OC1CCCCCC1Cc1ccsc1. The van der Waals surface area contributed by atoms with Gasteiger partial charge < -0.3 is 5.11 Å². The van der Waals surface area contributed by atoms with Gasteiger partial charge in [0.25, 0.3) is 0 Å². The van der Waals surface area contributed by atoms with E-state index in [1.165, 1.54) is 31.2 Å². The van der Waals surface area contributed by atoms with Crippen molar-refractivity contribution in [1.29, 1.82) is 0 Å². The fraction of sp³-hybridized carbons (Fsp3) is 0.667. The fourth-order valence-corrected chi connectivity index (χ4v) is 3.00. The first kappa shape index (κ1) is 10.2. The first-order valence-corrected chi connectivity index (χ1v) is 6.49. The van der Waals surface area contributed by atoms with E-state index in [0.717, 1.165) is 12.8 Å². The van der Waals surface area contributed by atoms with E-state index in [1.807, 2.05) is 0 Å². The van der Waals surface area contributed by atoms with E-state index >= 15 is 0 Å². The summed E-state index contributed by atoms with van der Waals surface area (Å²) in [5, 5.41) is 14.3. The van der Waals surface area contributed by atoms with Gasteiger partial charge in [-0.25, -0.2) is 0 Å². The van der Waals surface area contributed by atoms with Gasteiger partial charge in [0.1, 0.15) is 0 Å². The molecule has 2 heteroatoms. The maximum Gasteiger partial charge on any atom is 0.0571 e. The zero-order valence-corrected chi connectivity index (χ0v) is 9.30. The van der Waals surface area contributed by atoms with Crippen molar-refractivity contribution in [2.45, 2.75) is 44.6 Å². The molecule has 1 heterocycles. The molecular weight excluding hydrogens is 192 g/mol. The van der Waals surface area contributed by atoms with Crippen molar-refractivity contribution in [2.24, 2.45) is 5.92 Å². The van der Waals surface area contributed by atoms with Crippen LogP contribution in [0.25, 0.3) is 0 Å². The predicted octanol–water partition coefficient (Wildman–Crippen LogP) is 3.23. The van der Waals surface area contributed by atoms with Gasteiger partial charge in [-0.05, 0) is 47.6 Å². The molecule has 1 aromatic heterocycles. The molecule has 0 aliphatic heterocycles. The Bertz CT molecular complexity index is 255. The summed E-state index contributed by atoms with van der Waals surface area (Å²) < 4.78 is 0. The van der Waals surface area contributed by atoms with Crippen LogP contribution in [0.15, 0.2) is 16.8 Å². The molecule has 14 heavy (non-hydrogen) atoms. The third-order valence-corrected chi connectivity index (χ3v) is 3.93. The van der Waals surface area contributed by atoms with E-state index in [-0.39, 0.29) is 6.10 Å². The van der Waals surface area contributed by atoms with Gasteiger partial charge in [0.05, 0.1) is 6.10 Å². The Morgan fingerprint density at radius 2 is 2.14 bits per heavy atom. The predicted molar refractivity (Wildman–Crippen MR) is 60.6 cm³/mol. The number of aliphatic hydroxyl groups excluding tert-OH is 1. The van der Waals surface area contributed by atoms with Crippen LogP contribution in [0.4, 0.5) is 0 Å². The van der Waals surface area contributed by atoms with E-state index < -0.39 is 0 Å². The molecule has 1 nitrogen and oxygen atoms in total. The van der Waals surface area contributed by atoms with Crippen molar-refractivity contribution in [3.63, 3.8) is 0 Å². The second-order valence-corrected chi connectivity index (χ2v) is 5.08. The van der Waals surface area contributed by atoms with Crippen LogP contribution in [0.5, 0.6) is 0 Å². The molecule has 2 unspecified atom stereocenters. The van der Waals surface area contributed by atoms with Gasteiger partial charge in [0.15, 0.2) is 0 Å². The standard InChI is InChI=1S/C12H18OS/c13-12-5-3-1-2-4-11(12)8-10-6-7-14-9-10/h6-7,9,11-13H,1-5,8H2. The second kappa shape index (κ2) is 4.94. The lowest BCUT2D eigenvalue weighted by molar-refractivity contribution is 0.101. The van der Waals surface area contributed by atoms with Crippen molar-refractivity contribution >= 4 is 11.3 Å². The van der Waals surface area contributed by atoms with Crippen LogP contribution in [0.2, 0.25) is 0 Å². The summed E-state index contributed by atoms with van der Waals surface area (Å²) in [6.07, 6.45) is 7.04. The molecule has 2 atom stereocenters. The Labute approximate surface area is 89.8 Å². The highest BCUT2D eigenvalue weighted by Crippen LogP contribution is 2.27. The Morgan fingerprint density at radius 1 is 1.29 bits per heavy atom. The Morgan fingerprint density at radius 3 is 2.93 bits per heavy atom. The van der Waals surface area contributed by atoms with Gasteiger partial charge in [-0.15, -0.1) is 0 Å². The lowest BCUT2D eigenvalue weighted by Gasteiger charge is -2.19.